The van der Waals surface area contributed by atoms with Crippen LogP contribution in [-0.4, -0.2) is 26.8 Å². The number of carbonyl (C=O) groups is 2. The molecular formula is C11H11N3O4. The monoisotopic (exact) mass is 249 g/mol. The molecule has 2 heterocycles. The molecule has 0 saturated carbocycles. The van der Waals surface area contributed by atoms with Crippen molar-refractivity contribution < 1.29 is 19.1 Å². The molecule has 0 aliphatic rings. The van der Waals surface area contributed by atoms with Crippen LogP contribution in [0.25, 0.3) is 0 Å². The lowest BCUT2D eigenvalue weighted by Crippen LogP contribution is -2.24. The van der Waals surface area contributed by atoms with Crippen LogP contribution in [0.4, 0.5) is 0 Å². The molecule has 94 valence electrons. The average Bonchev–Trinajstić information content (AvgIpc) is 2.94. The first-order valence-electron chi connectivity index (χ1n) is 5.15. The second-order valence-electron chi connectivity index (χ2n) is 3.60. The van der Waals surface area contributed by atoms with E-state index in [1.54, 1.807) is 12.1 Å². The van der Waals surface area contributed by atoms with Gasteiger partial charge in [-0.1, -0.05) is 0 Å². The first-order chi connectivity index (χ1) is 8.59. The maximum Gasteiger partial charge on any atom is 0.354 e. The van der Waals surface area contributed by atoms with Gasteiger partial charge in [0.05, 0.1) is 24.6 Å². The number of aryl methyl sites for hydroxylation is 1. The topological polar surface area (TPSA) is 97.4 Å². The molecule has 0 radical (unpaired) electrons. The van der Waals surface area contributed by atoms with Crippen molar-refractivity contribution in [2.45, 2.75) is 6.54 Å². The molecule has 0 saturated heterocycles. The fourth-order valence-electron chi connectivity index (χ4n) is 1.53. The number of aromatic nitrogens is 2. The third-order valence-corrected chi connectivity index (χ3v) is 2.39. The van der Waals surface area contributed by atoms with Gasteiger partial charge in [-0.3, -0.25) is 9.48 Å². The lowest BCUT2D eigenvalue weighted by atomic mass is 10.2. The van der Waals surface area contributed by atoms with E-state index in [9.17, 15) is 9.59 Å². The van der Waals surface area contributed by atoms with Crippen LogP contribution in [0.1, 0.15) is 26.6 Å². The zero-order valence-electron chi connectivity index (χ0n) is 9.58. The van der Waals surface area contributed by atoms with Gasteiger partial charge in [0.2, 0.25) is 0 Å². The molecular weight excluding hydrogens is 238 g/mol. The minimum Gasteiger partial charge on any atom is -0.477 e. The Bertz CT molecular complexity index is 571. The van der Waals surface area contributed by atoms with Crippen molar-refractivity contribution in [2.75, 3.05) is 0 Å². The summed E-state index contributed by atoms with van der Waals surface area (Å²) < 4.78 is 6.19. The number of carbonyl (C=O) groups excluding carboxylic acids is 1. The van der Waals surface area contributed by atoms with Crippen molar-refractivity contribution in [2.24, 2.45) is 7.05 Å². The first kappa shape index (κ1) is 11.9. The molecule has 7 nitrogen and oxygen atoms in total. The van der Waals surface area contributed by atoms with Crippen LogP contribution in [0.3, 0.4) is 0 Å². The van der Waals surface area contributed by atoms with Crippen LogP contribution in [0.15, 0.2) is 29.0 Å². The summed E-state index contributed by atoms with van der Waals surface area (Å²) in [4.78, 5) is 22.8. The fourth-order valence-corrected chi connectivity index (χ4v) is 1.53. The van der Waals surface area contributed by atoms with Gasteiger partial charge < -0.3 is 14.8 Å². The Labute approximate surface area is 102 Å². The second-order valence-corrected chi connectivity index (χ2v) is 3.60. The lowest BCUT2D eigenvalue weighted by molar-refractivity contribution is 0.0679. The predicted octanol–water partition coefficient (Wildman–Crippen LogP) is 0.641. The molecule has 7 heteroatoms. The summed E-state index contributed by atoms with van der Waals surface area (Å²) in [5, 5.41) is 15.3. The maximum atomic E-state index is 11.8. The number of hydrogen-bond acceptors (Lipinski definition) is 4. The van der Waals surface area contributed by atoms with Crippen LogP contribution in [0.5, 0.6) is 0 Å². The van der Waals surface area contributed by atoms with Crippen molar-refractivity contribution in [3.05, 3.63) is 41.6 Å². The molecule has 0 fully saturated rings. The second kappa shape index (κ2) is 4.74. The molecule has 1 amide bonds. The van der Waals surface area contributed by atoms with Gasteiger partial charge in [-0.25, -0.2) is 4.79 Å². The molecule has 2 N–H and O–H groups in total. The van der Waals surface area contributed by atoms with E-state index < -0.39 is 11.9 Å². The molecule has 0 aromatic carbocycles. The van der Waals surface area contributed by atoms with Gasteiger partial charge >= 0.3 is 5.97 Å². The normalized spacial score (nSPS) is 10.3. The van der Waals surface area contributed by atoms with Gasteiger partial charge in [-0.05, 0) is 12.1 Å². The van der Waals surface area contributed by atoms with Crippen LogP contribution >= 0.6 is 0 Å². The van der Waals surface area contributed by atoms with Crippen molar-refractivity contribution in [1.29, 1.82) is 0 Å². The minimum atomic E-state index is -1.20. The predicted molar refractivity (Wildman–Crippen MR) is 60.0 cm³/mol. The Kier molecular flexibility index (Phi) is 3.13. The van der Waals surface area contributed by atoms with Gasteiger partial charge in [-0.2, -0.15) is 5.10 Å². The zero-order valence-corrected chi connectivity index (χ0v) is 9.58. The first-order valence-corrected chi connectivity index (χ1v) is 5.15. The smallest absolute Gasteiger partial charge is 0.354 e. The number of rotatable bonds is 4. The van der Waals surface area contributed by atoms with Crippen molar-refractivity contribution in [3.8, 4) is 0 Å². The van der Waals surface area contributed by atoms with Gasteiger partial charge in [0.15, 0.2) is 5.69 Å². The third-order valence-electron chi connectivity index (χ3n) is 2.39. The van der Waals surface area contributed by atoms with Crippen molar-refractivity contribution in [1.82, 2.24) is 15.1 Å². The molecule has 0 atom stereocenters. The van der Waals surface area contributed by atoms with E-state index in [4.69, 9.17) is 9.52 Å². The number of carboxylic acids is 1. The lowest BCUT2D eigenvalue weighted by Gasteiger charge is -2.03. The van der Waals surface area contributed by atoms with E-state index in [1.807, 2.05) is 0 Å². The van der Waals surface area contributed by atoms with Crippen LogP contribution in [-0.2, 0) is 13.6 Å². The standard InChI is InChI=1S/C11H11N3O4/c1-14-9(11(16)17)8(6-13-14)10(15)12-5-7-3-2-4-18-7/h2-4,6H,5H2,1H3,(H,12,15)(H,16,17). The van der Waals surface area contributed by atoms with E-state index in [1.165, 1.54) is 19.5 Å². The Balaban J connectivity index is 2.12. The number of nitrogens with one attached hydrogen (secondary N) is 1. The quantitative estimate of drug-likeness (QED) is 0.828. The summed E-state index contributed by atoms with van der Waals surface area (Å²) in [7, 11) is 1.47. The molecule has 0 aliphatic carbocycles. The van der Waals surface area contributed by atoms with Gasteiger partial charge in [0.25, 0.3) is 5.91 Å². The van der Waals surface area contributed by atoms with Crippen LogP contribution < -0.4 is 5.32 Å². The van der Waals surface area contributed by atoms with E-state index in [0.717, 1.165) is 4.68 Å². The highest BCUT2D eigenvalue weighted by Crippen LogP contribution is 2.08. The van der Waals surface area contributed by atoms with E-state index >= 15 is 0 Å². The molecule has 2 aromatic rings. The summed E-state index contributed by atoms with van der Waals surface area (Å²) in [6, 6.07) is 3.41. The molecule has 2 rings (SSSR count). The SMILES string of the molecule is Cn1ncc(C(=O)NCc2ccco2)c1C(=O)O. The highest BCUT2D eigenvalue weighted by atomic mass is 16.4. The van der Waals surface area contributed by atoms with Crippen LogP contribution in [0.2, 0.25) is 0 Å². The summed E-state index contributed by atoms with van der Waals surface area (Å²) in [5.74, 6) is -1.11. The molecule has 0 unspecified atom stereocenters. The minimum absolute atomic E-state index is 0.0246. The summed E-state index contributed by atoms with van der Waals surface area (Å²) >= 11 is 0. The number of furan rings is 1. The summed E-state index contributed by atoms with van der Waals surface area (Å²) in [6.45, 7) is 0.194. The van der Waals surface area contributed by atoms with Crippen molar-refractivity contribution in [3.63, 3.8) is 0 Å². The Morgan fingerprint density at radius 3 is 2.94 bits per heavy atom. The third kappa shape index (κ3) is 2.24. The van der Waals surface area contributed by atoms with Gasteiger partial charge in [0.1, 0.15) is 5.76 Å². The van der Waals surface area contributed by atoms with Gasteiger partial charge in [0, 0.05) is 7.05 Å². The number of nitrogens with zero attached hydrogens (tertiary/aromatic N) is 2. The highest BCUT2D eigenvalue weighted by Gasteiger charge is 2.21. The Morgan fingerprint density at radius 1 is 1.56 bits per heavy atom. The Hall–Kier alpha value is -2.57. The molecule has 2 aromatic heterocycles. The zero-order chi connectivity index (χ0) is 13.1. The molecule has 18 heavy (non-hydrogen) atoms. The van der Waals surface area contributed by atoms with E-state index in [0.29, 0.717) is 5.76 Å². The average molecular weight is 249 g/mol. The van der Waals surface area contributed by atoms with Crippen molar-refractivity contribution >= 4 is 11.9 Å². The molecule has 0 spiro atoms. The Morgan fingerprint density at radius 2 is 2.33 bits per heavy atom. The van der Waals surface area contributed by atoms with Gasteiger partial charge in [-0.15, -0.1) is 0 Å². The van der Waals surface area contributed by atoms with E-state index in [-0.39, 0.29) is 17.8 Å². The number of amides is 1. The highest BCUT2D eigenvalue weighted by molar-refractivity contribution is 6.03. The summed E-state index contributed by atoms with van der Waals surface area (Å²) in [6.07, 6.45) is 2.72. The van der Waals surface area contributed by atoms with Crippen LogP contribution in [0, 0.1) is 0 Å². The number of aromatic carboxylic acids is 1. The number of carboxylic acid groups (broad SMARTS) is 1. The maximum absolute atomic E-state index is 11.8. The fraction of sp³-hybridized carbons (Fsp3) is 0.182. The van der Waals surface area contributed by atoms with E-state index in [2.05, 4.69) is 10.4 Å². The molecule has 0 aliphatic heterocycles. The summed E-state index contributed by atoms with van der Waals surface area (Å²) in [5.41, 5.74) is -0.122. The molecule has 0 bridgehead atoms. The largest absolute Gasteiger partial charge is 0.477 e. The number of hydrogen-bond donors (Lipinski definition) is 2.